The van der Waals surface area contributed by atoms with E-state index in [2.05, 4.69) is 45.2 Å². The van der Waals surface area contributed by atoms with Gasteiger partial charge in [-0.3, -0.25) is 4.79 Å². The van der Waals surface area contributed by atoms with Crippen molar-refractivity contribution in [1.82, 2.24) is 18.6 Å². The smallest absolute Gasteiger partial charge is 0.257 e. The lowest BCUT2D eigenvalue weighted by atomic mass is 10.1. The Labute approximate surface area is 221 Å². The fourth-order valence-corrected chi connectivity index (χ4v) is 4.90. The van der Waals surface area contributed by atoms with Gasteiger partial charge in [0.1, 0.15) is 5.82 Å². The number of carbonyl (C=O) groups excluding carboxylic acids is 1. The summed E-state index contributed by atoms with van der Waals surface area (Å²) < 4.78 is 15.4. The first-order chi connectivity index (χ1) is 17.6. The van der Waals surface area contributed by atoms with Gasteiger partial charge in [-0.1, -0.05) is 24.3 Å². The Balaban J connectivity index is 1.32. The quantitative estimate of drug-likeness (QED) is 0.317. The summed E-state index contributed by atoms with van der Waals surface area (Å²) >= 11 is 4.63. The second-order valence-corrected chi connectivity index (χ2v) is 9.43. The van der Waals surface area contributed by atoms with Crippen LogP contribution in [-0.4, -0.2) is 57.8 Å². The van der Waals surface area contributed by atoms with E-state index in [-0.39, 0.29) is 5.91 Å². The topological polar surface area (TPSA) is 95.5 Å². The number of nitrogens with one attached hydrogen (secondary N) is 2. The number of para-hydroxylation sites is 2. The van der Waals surface area contributed by atoms with Crippen molar-refractivity contribution in [3.8, 4) is 5.75 Å². The van der Waals surface area contributed by atoms with Crippen LogP contribution in [0.15, 0.2) is 71.3 Å². The number of hydrogen-bond acceptors (Lipinski definition) is 9. The van der Waals surface area contributed by atoms with Gasteiger partial charge in [0.2, 0.25) is 0 Å². The number of anilines is 5. The highest BCUT2D eigenvalue weighted by atomic mass is 79.9. The number of aromatic nitrogens is 3. The van der Waals surface area contributed by atoms with Crippen molar-refractivity contribution >= 4 is 62.4 Å². The molecule has 1 saturated heterocycles. The molecule has 0 radical (unpaired) electrons. The van der Waals surface area contributed by atoms with Gasteiger partial charge in [0.05, 0.1) is 35.8 Å². The predicted octanol–water partition coefficient (Wildman–Crippen LogP) is 5.15. The molecule has 9 nitrogen and oxygen atoms in total. The maximum Gasteiger partial charge on any atom is 0.257 e. The Bertz CT molecular complexity index is 1340. The van der Waals surface area contributed by atoms with Crippen LogP contribution in [0, 0.1) is 0 Å². The van der Waals surface area contributed by atoms with Crippen molar-refractivity contribution in [3.63, 3.8) is 0 Å². The zero-order chi connectivity index (χ0) is 24.9. The van der Waals surface area contributed by atoms with E-state index in [0.717, 1.165) is 40.8 Å². The van der Waals surface area contributed by atoms with Gasteiger partial charge < -0.3 is 25.2 Å². The molecule has 5 rings (SSSR count). The van der Waals surface area contributed by atoms with Crippen molar-refractivity contribution < 1.29 is 9.53 Å². The lowest BCUT2D eigenvalue weighted by Gasteiger charge is -2.35. The number of rotatable bonds is 7. The minimum atomic E-state index is -0.0702. The van der Waals surface area contributed by atoms with Crippen molar-refractivity contribution in [2.75, 3.05) is 48.8 Å². The van der Waals surface area contributed by atoms with E-state index in [4.69, 9.17) is 4.74 Å². The molecule has 11 heteroatoms. The standard InChI is InChI=1S/C25H24BrN7O2S/c1-35-22-17(25(34)33-15-13-32(14-16-33)21-11-4-5-12-27-21)7-6-10-20(22)29-24-23(30-36-31-24)28-19-9-3-2-8-18(19)26/h2-12H,13-16H2,1H3,(H,28,30)(H,29,31). The fourth-order valence-electron chi connectivity index (χ4n) is 4.04. The number of pyridine rings is 1. The fraction of sp³-hybridized carbons (Fsp3) is 0.200. The summed E-state index contributed by atoms with van der Waals surface area (Å²) in [6, 6.07) is 19.1. The summed E-state index contributed by atoms with van der Waals surface area (Å²) in [4.78, 5) is 21.9. The number of nitrogens with zero attached hydrogens (tertiary/aromatic N) is 5. The monoisotopic (exact) mass is 565 g/mol. The van der Waals surface area contributed by atoms with Crippen LogP contribution in [0.1, 0.15) is 10.4 Å². The molecule has 1 aliphatic rings. The average Bonchev–Trinajstić information content (AvgIpc) is 3.36. The van der Waals surface area contributed by atoms with E-state index in [0.29, 0.717) is 41.7 Å². The SMILES string of the molecule is COc1c(Nc2nsnc2Nc2ccccc2Br)cccc1C(=O)N1CCN(c2ccccn2)CC1. The molecular formula is C25H24BrN7O2S. The highest BCUT2D eigenvalue weighted by Crippen LogP contribution is 2.35. The Morgan fingerprint density at radius 1 is 0.917 bits per heavy atom. The molecule has 1 aliphatic heterocycles. The van der Waals surface area contributed by atoms with Crippen LogP contribution in [0.4, 0.5) is 28.8 Å². The van der Waals surface area contributed by atoms with Crippen LogP contribution < -0.4 is 20.3 Å². The summed E-state index contributed by atoms with van der Waals surface area (Å²) in [5.41, 5.74) is 2.00. The minimum Gasteiger partial charge on any atom is -0.494 e. The van der Waals surface area contributed by atoms with Crippen molar-refractivity contribution in [3.05, 3.63) is 76.9 Å². The largest absolute Gasteiger partial charge is 0.494 e. The van der Waals surface area contributed by atoms with E-state index in [1.807, 2.05) is 59.5 Å². The van der Waals surface area contributed by atoms with Gasteiger partial charge in [-0.15, -0.1) is 0 Å². The van der Waals surface area contributed by atoms with Gasteiger partial charge >= 0.3 is 0 Å². The third kappa shape index (κ3) is 5.12. The van der Waals surface area contributed by atoms with Crippen molar-refractivity contribution in [2.24, 2.45) is 0 Å². The average molecular weight is 566 g/mol. The molecule has 0 unspecified atom stereocenters. The summed E-state index contributed by atoms with van der Waals surface area (Å²) in [7, 11) is 1.57. The Morgan fingerprint density at radius 2 is 1.61 bits per heavy atom. The third-order valence-corrected chi connectivity index (χ3v) is 7.08. The molecule has 0 bridgehead atoms. The first kappa shape index (κ1) is 24.0. The zero-order valence-corrected chi connectivity index (χ0v) is 21.9. The third-order valence-electron chi connectivity index (χ3n) is 5.86. The van der Waals surface area contributed by atoms with Crippen molar-refractivity contribution in [1.29, 1.82) is 0 Å². The molecule has 1 fully saturated rings. The van der Waals surface area contributed by atoms with Gasteiger partial charge in [-0.25, -0.2) is 4.98 Å². The number of ether oxygens (including phenoxy) is 1. The Hall–Kier alpha value is -3.70. The van der Waals surface area contributed by atoms with Crippen LogP contribution in [0.5, 0.6) is 5.75 Å². The summed E-state index contributed by atoms with van der Waals surface area (Å²) in [6.07, 6.45) is 1.79. The van der Waals surface area contributed by atoms with Gasteiger partial charge in [0.25, 0.3) is 5.91 Å². The maximum atomic E-state index is 13.5. The highest BCUT2D eigenvalue weighted by molar-refractivity contribution is 9.10. The summed E-state index contributed by atoms with van der Waals surface area (Å²) in [5, 5.41) is 6.57. The lowest BCUT2D eigenvalue weighted by Crippen LogP contribution is -2.49. The second-order valence-electron chi connectivity index (χ2n) is 8.04. The molecule has 3 heterocycles. The van der Waals surface area contributed by atoms with Crippen LogP contribution in [0.25, 0.3) is 0 Å². The molecule has 1 amide bonds. The minimum absolute atomic E-state index is 0.0702. The molecule has 0 spiro atoms. The van der Waals surface area contributed by atoms with E-state index in [1.54, 1.807) is 19.4 Å². The van der Waals surface area contributed by atoms with Gasteiger partial charge in [0, 0.05) is 36.8 Å². The Kier molecular flexibility index (Phi) is 7.28. The number of piperazine rings is 1. The zero-order valence-electron chi connectivity index (χ0n) is 19.5. The van der Waals surface area contributed by atoms with Crippen LogP contribution >= 0.6 is 27.7 Å². The van der Waals surface area contributed by atoms with Crippen molar-refractivity contribution in [2.45, 2.75) is 0 Å². The normalized spacial score (nSPS) is 13.4. The predicted molar refractivity (Wildman–Crippen MR) is 146 cm³/mol. The van der Waals surface area contributed by atoms with E-state index in [9.17, 15) is 4.79 Å². The molecule has 4 aromatic rings. The van der Waals surface area contributed by atoms with Crippen LogP contribution in [0.3, 0.4) is 0 Å². The number of halogens is 1. The van der Waals surface area contributed by atoms with E-state index in [1.165, 1.54) is 0 Å². The molecule has 0 atom stereocenters. The number of benzene rings is 2. The Morgan fingerprint density at radius 3 is 2.31 bits per heavy atom. The molecule has 2 aromatic carbocycles. The first-order valence-corrected chi connectivity index (χ1v) is 12.9. The molecule has 0 saturated carbocycles. The van der Waals surface area contributed by atoms with Crippen LogP contribution in [-0.2, 0) is 0 Å². The molecular weight excluding hydrogens is 542 g/mol. The lowest BCUT2D eigenvalue weighted by molar-refractivity contribution is 0.0743. The van der Waals surface area contributed by atoms with Gasteiger partial charge in [-0.05, 0) is 52.3 Å². The van der Waals surface area contributed by atoms with E-state index < -0.39 is 0 Å². The molecule has 184 valence electrons. The number of hydrogen-bond donors (Lipinski definition) is 2. The summed E-state index contributed by atoms with van der Waals surface area (Å²) in [6.45, 7) is 2.65. The molecule has 2 N–H and O–H groups in total. The highest BCUT2D eigenvalue weighted by Gasteiger charge is 2.26. The number of amides is 1. The van der Waals surface area contributed by atoms with E-state index >= 15 is 0 Å². The second kappa shape index (κ2) is 10.9. The van der Waals surface area contributed by atoms with Gasteiger partial charge in [-0.2, -0.15) is 8.75 Å². The number of carbonyl (C=O) groups is 1. The molecule has 2 aromatic heterocycles. The van der Waals surface area contributed by atoms with Crippen LogP contribution in [0.2, 0.25) is 0 Å². The van der Waals surface area contributed by atoms with Gasteiger partial charge in [0.15, 0.2) is 17.4 Å². The number of methoxy groups -OCH3 is 1. The molecule has 36 heavy (non-hydrogen) atoms. The maximum absolute atomic E-state index is 13.5. The first-order valence-electron chi connectivity index (χ1n) is 11.4. The molecule has 0 aliphatic carbocycles. The summed E-state index contributed by atoms with van der Waals surface area (Å²) in [5.74, 6) is 2.45.